The molecule has 2 aromatic heterocycles. The highest BCUT2D eigenvalue weighted by molar-refractivity contribution is 7.89. The van der Waals surface area contributed by atoms with Crippen molar-refractivity contribution in [1.82, 2.24) is 19.4 Å². The molecule has 2 aromatic rings. The topological polar surface area (TPSA) is 98.4 Å². The summed E-state index contributed by atoms with van der Waals surface area (Å²) in [5.41, 5.74) is 0. The van der Waals surface area contributed by atoms with Gasteiger partial charge in [0.15, 0.2) is 5.82 Å². The fraction of sp³-hybridized carbons (Fsp3) is 0.562. The molecule has 0 spiro atoms. The van der Waals surface area contributed by atoms with Crippen LogP contribution in [0.15, 0.2) is 33.9 Å². The molecule has 1 aliphatic heterocycles. The van der Waals surface area contributed by atoms with Gasteiger partial charge in [-0.15, -0.1) is 0 Å². The number of nitrogens with zero attached hydrogens (tertiary/aromatic N) is 4. The highest BCUT2D eigenvalue weighted by atomic mass is 32.2. The zero-order valence-corrected chi connectivity index (χ0v) is 14.6. The highest BCUT2D eigenvalue weighted by Gasteiger charge is 2.40. The number of pyridine rings is 1. The minimum atomic E-state index is -3.50. The molecule has 3 heterocycles. The monoisotopic (exact) mass is 364 g/mol. The van der Waals surface area contributed by atoms with Gasteiger partial charge >= 0.3 is 0 Å². The summed E-state index contributed by atoms with van der Waals surface area (Å²) in [7, 11) is -3.50. The Kier molecular flexibility index (Phi) is 4.53. The third-order valence-electron chi connectivity index (χ3n) is 4.47. The molecule has 25 heavy (non-hydrogen) atoms. The van der Waals surface area contributed by atoms with E-state index in [1.54, 1.807) is 18.3 Å². The van der Waals surface area contributed by atoms with Crippen LogP contribution >= 0.6 is 0 Å². The second-order valence-electron chi connectivity index (χ2n) is 6.52. The smallest absolute Gasteiger partial charge is 0.244 e. The van der Waals surface area contributed by atoms with Crippen LogP contribution in [0.5, 0.6) is 0 Å². The second-order valence-corrected chi connectivity index (χ2v) is 8.46. The quantitative estimate of drug-likeness (QED) is 0.650. The van der Waals surface area contributed by atoms with Crippen LogP contribution in [0.3, 0.4) is 0 Å². The van der Waals surface area contributed by atoms with E-state index in [1.165, 1.54) is 23.3 Å². The molecule has 0 unspecified atom stereocenters. The van der Waals surface area contributed by atoms with Crippen LogP contribution in [0.1, 0.15) is 30.5 Å². The molecule has 0 radical (unpaired) electrons. The molecule has 2 aliphatic rings. The number of hydrogen-bond acceptors (Lipinski definition) is 7. The van der Waals surface area contributed by atoms with Crippen molar-refractivity contribution in [3.8, 4) is 0 Å². The fourth-order valence-electron chi connectivity index (χ4n) is 2.67. The molecular formula is C16H20N4O4S. The second kappa shape index (κ2) is 6.81. The van der Waals surface area contributed by atoms with E-state index < -0.39 is 10.0 Å². The molecule has 1 aliphatic carbocycles. The van der Waals surface area contributed by atoms with Crippen molar-refractivity contribution < 1.29 is 17.7 Å². The number of aromatic nitrogens is 3. The Balaban J connectivity index is 1.28. The van der Waals surface area contributed by atoms with E-state index >= 15 is 0 Å². The van der Waals surface area contributed by atoms with Gasteiger partial charge in [0, 0.05) is 38.5 Å². The van der Waals surface area contributed by atoms with E-state index in [0.717, 1.165) is 12.5 Å². The Hall–Kier alpha value is -1.84. The molecule has 0 atom stereocenters. The summed E-state index contributed by atoms with van der Waals surface area (Å²) in [6, 6.07) is 3.15. The maximum atomic E-state index is 12.4. The minimum Gasteiger partial charge on any atom is -0.381 e. The zero-order chi connectivity index (χ0) is 17.3. The summed E-state index contributed by atoms with van der Waals surface area (Å²) in [6.45, 7) is 2.09. The van der Waals surface area contributed by atoms with E-state index in [-0.39, 0.29) is 10.8 Å². The Bertz CT molecular complexity index is 814. The first-order valence-corrected chi connectivity index (χ1v) is 9.87. The summed E-state index contributed by atoms with van der Waals surface area (Å²) >= 11 is 0. The normalized spacial score (nSPS) is 19.0. The first-order valence-electron chi connectivity index (χ1n) is 8.43. The van der Waals surface area contributed by atoms with Crippen molar-refractivity contribution in [2.24, 2.45) is 5.92 Å². The van der Waals surface area contributed by atoms with Crippen molar-refractivity contribution in [2.75, 3.05) is 26.3 Å². The van der Waals surface area contributed by atoms with Gasteiger partial charge in [-0.2, -0.15) is 9.29 Å². The van der Waals surface area contributed by atoms with Gasteiger partial charge in [-0.3, -0.25) is 4.98 Å². The first kappa shape index (κ1) is 16.6. The Labute approximate surface area is 146 Å². The van der Waals surface area contributed by atoms with Crippen molar-refractivity contribution in [2.45, 2.75) is 30.1 Å². The lowest BCUT2D eigenvalue weighted by Gasteiger charge is -2.35. The molecule has 4 rings (SSSR count). The molecular weight excluding hydrogens is 344 g/mol. The lowest BCUT2D eigenvalue weighted by Crippen LogP contribution is -2.48. The lowest BCUT2D eigenvalue weighted by molar-refractivity contribution is 0.125. The average molecular weight is 364 g/mol. The van der Waals surface area contributed by atoms with E-state index in [1.807, 2.05) is 0 Å². The van der Waals surface area contributed by atoms with E-state index in [2.05, 4.69) is 15.1 Å². The maximum Gasteiger partial charge on any atom is 0.244 e. The van der Waals surface area contributed by atoms with Crippen molar-refractivity contribution in [1.29, 1.82) is 0 Å². The largest absolute Gasteiger partial charge is 0.381 e. The summed E-state index contributed by atoms with van der Waals surface area (Å²) in [5, 5.41) is 3.95. The molecule has 0 N–H and O–H groups in total. The van der Waals surface area contributed by atoms with E-state index in [9.17, 15) is 8.42 Å². The van der Waals surface area contributed by atoms with Gasteiger partial charge < -0.3 is 9.26 Å². The molecule has 8 nitrogen and oxygen atoms in total. The van der Waals surface area contributed by atoms with Gasteiger partial charge in [0.1, 0.15) is 4.90 Å². The third kappa shape index (κ3) is 3.73. The third-order valence-corrected chi connectivity index (χ3v) is 6.29. The number of sulfonamides is 1. The molecule has 2 fully saturated rings. The van der Waals surface area contributed by atoms with E-state index in [4.69, 9.17) is 9.26 Å². The van der Waals surface area contributed by atoms with Crippen LogP contribution in [-0.2, 0) is 21.2 Å². The maximum absolute atomic E-state index is 12.4. The SMILES string of the molecule is O=S(=O)(c1cccnc1)N1CC(c2nc(CCOCC3CC3)no2)C1. The predicted molar refractivity (Wildman–Crippen MR) is 87.3 cm³/mol. The molecule has 0 bridgehead atoms. The van der Waals surface area contributed by atoms with Crippen LogP contribution < -0.4 is 0 Å². The summed E-state index contributed by atoms with van der Waals surface area (Å²) < 4.78 is 37.1. The summed E-state index contributed by atoms with van der Waals surface area (Å²) in [6.07, 6.45) is 6.06. The molecule has 134 valence electrons. The molecule has 1 saturated carbocycles. The standard InChI is InChI=1S/C16H20N4O4S/c21-25(22,14-2-1-6-17-8-14)20-9-13(10-20)16-18-15(19-24-16)5-7-23-11-12-3-4-12/h1-2,6,8,12-13H,3-5,7,9-11H2. The molecule has 0 amide bonds. The van der Waals surface area contributed by atoms with Crippen LogP contribution in [0, 0.1) is 5.92 Å². The Morgan fingerprint density at radius 2 is 2.16 bits per heavy atom. The van der Waals surface area contributed by atoms with Gasteiger partial charge in [-0.1, -0.05) is 5.16 Å². The Morgan fingerprint density at radius 3 is 2.88 bits per heavy atom. The van der Waals surface area contributed by atoms with Gasteiger partial charge in [-0.25, -0.2) is 8.42 Å². The molecule has 0 aromatic carbocycles. The zero-order valence-electron chi connectivity index (χ0n) is 13.7. The first-order chi connectivity index (χ1) is 12.1. The van der Waals surface area contributed by atoms with Crippen LogP contribution in [0.2, 0.25) is 0 Å². The average Bonchev–Trinajstić information content (AvgIpc) is 3.29. The van der Waals surface area contributed by atoms with Crippen molar-refractivity contribution in [3.63, 3.8) is 0 Å². The van der Waals surface area contributed by atoms with Crippen molar-refractivity contribution in [3.05, 3.63) is 36.2 Å². The number of ether oxygens (including phenoxy) is 1. The Morgan fingerprint density at radius 1 is 1.32 bits per heavy atom. The molecule has 1 saturated heterocycles. The van der Waals surface area contributed by atoms with E-state index in [0.29, 0.717) is 37.8 Å². The van der Waals surface area contributed by atoms with Crippen LogP contribution in [0.4, 0.5) is 0 Å². The minimum absolute atomic E-state index is 0.0555. The molecule has 9 heteroatoms. The van der Waals surface area contributed by atoms with Gasteiger partial charge in [0.05, 0.1) is 12.5 Å². The predicted octanol–water partition coefficient (Wildman–Crippen LogP) is 1.22. The van der Waals surface area contributed by atoms with Crippen molar-refractivity contribution >= 4 is 10.0 Å². The van der Waals surface area contributed by atoms with Crippen LogP contribution in [-0.4, -0.2) is 54.2 Å². The summed E-state index contributed by atoms with van der Waals surface area (Å²) in [5.74, 6) is 1.79. The van der Waals surface area contributed by atoms with Crippen LogP contribution in [0.25, 0.3) is 0 Å². The van der Waals surface area contributed by atoms with Gasteiger partial charge in [0.2, 0.25) is 15.9 Å². The number of hydrogen-bond donors (Lipinski definition) is 0. The number of rotatable bonds is 8. The van der Waals surface area contributed by atoms with Gasteiger partial charge in [-0.05, 0) is 30.9 Å². The lowest BCUT2D eigenvalue weighted by atomic mass is 10.0. The summed E-state index contributed by atoms with van der Waals surface area (Å²) in [4.78, 5) is 8.43. The van der Waals surface area contributed by atoms with Gasteiger partial charge in [0.25, 0.3) is 0 Å². The fourth-order valence-corrected chi connectivity index (χ4v) is 4.17. The highest BCUT2D eigenvalue weighted by Crippen LogP contribution is 2.31.